The molecular weight excluding hydrogens is 264 g/mol. The van der Waals surface area contributed by atoms with Crippen LogP contribution in [0.3, 0.4) is 0 Å². The van der Waals surface area contributed by atoms with Gasteiger partial charge in [-0.2, -0.15) is 0 Å². The highest BCUT2D eigenvalue weighted by atomic mass is 16.5. The van der Waals surface area contributed by atoms with Crippen LogP contribution in [0.5, 0.6) is 0 Å². The summed E-state index contributed by atoms with van der Waals surface area (Å²) in [5.41, 5.74) is 1.82. The topological polar surface area (TPSA) is 39.4 Å². The highest BCUT2D eigenvalue weighted by Gasteiger charge is 2.41. The molecule has 2 heterocycles. The molecule has 2 fully saturated rings. The third kappa shape index (κ3) is 2.68. The average Bonchev–Trinajstić information content (AvgIpc) is 2.72. The Bertz CT molecular complexity index is 529. The fourth-order valence-electron chi connectivity index (χ4n) is 4.16. The van der Waals surface area contributed by atoms with Crippen molar-refractivity contribution in [2.24, 2.45) is 5.92 Å². The molecule has 0 N–H and O–H groups in total. The van der Waals surface area contributed by atoms with Gasteiger partial charge in [-0.1, -0.05) is 19.3 Å². The lowest BCUT2D eigenvalue weighted by Crippen LogP contribution is -2.43. The summed E-state index contributed by atoms with van der Waals surface area (Å²) in [5, 5.41) is 0. The molecule has 3 rings (SSSR count). The Hall–Kier alpha value is -1.09. The van der Waals surface area contributed by atoms with Gasteiger partial charge < -0.3 is 9.15 Å². The number of hydrogen-bond donors (Lipinski definition) is 0. The maximum absolute atomic E-state index is 13.0. The van der Waals surface area contributed by atoms with Gasteiger partial charge in [0.05, 0.1) is 11.2 Å². The van der Waals surface area contributed by atoms with Crippen molar-refractivity contribution in [2.75, 3.05) is 6.61 Å². The third-order valence-electron chi connectivity index (χ3n) is 5.44. The minimum Gasteiger partial charge on any atom is -0.466 e. The maximum Gasteiger partial charge on any atom is 0.169 e. The van der Waals surface area contributed by atoms with Crippen LogP contribution in [0.4, 0.5) is 0 Å². The number of ketones is 1. The summed E-state index contributed by atoms with van der Waals surface area (Å²) < 4.78 is 11.8. The van der Waals surface area contributed by atoms with Gasteiger partial charge in [0.15, 0.2) is 5.78 Å². The second-order valence-electron chi connectivity index (χ2n) is 6.86. The molecule has 1 unspecified atom stereocenters. The minimum absolute atomic E-state index is 0.0165. The molecule has 1 aliphatic carbocycles. The van der Waals surface area contributed by atoms with Crippen molar-refractivity contribution in [3.8, 4) is 0 Å². The highest BCUT2D eigenvalue weighted by molar-refractivity contribution is 6.00. The summed E-state index contributed by atoms with van der Waals surface area (Å²) in [6.07, 6.45) is 7.79. The van der Waals surface area contributed by atoms with E-state index in [1.165, 1.54) is 19.3 Å². The summed E-state index contributed by atoms with van der Waals surface area (Å²) in [4.78, 5) is 13.0. The third-order valence-corrected chi connectivity index (χ3v) is 5.44. The van der Waals surface area contributed by atoms with E-state index in [1.54, 1.807) is 0 Å². The van der Waals surface area contributed by atoms with Crippen LogP contribution in [-0.2, 0) is 4.74 Å². The number of hydrogen-bond acceptors (Lipinski definition) is 3. The summed E-state index contributed by atoms with van der Waals surface area (Å²) in [5.74, 6) is 2.02. The zero-order chi connectivity index (χ0) is 15.0. The Morgan fingerprint density at radius 1 is 1.10 bits per heavy atom. The predicted octanol–water partition coefficient (Wildman–Crippen LogP) is 4.52. The van der Waals surface area contributed by atoms with E-state index in [4.69, 9.17) is 9.15 Å². The van der Waals surface area contributed by atoms with E-state index in [1.807, 2.05) is 20.8 Å². The van der Waals surface area contributed by atoms with Crippen LogP contribution < -0.4 is 0 Å². The van der Waals surface area contributed by atoms with Gasteiger partial charge in [0.1, 0.15) is 11.5 Å². The second kappa shape index (κ2) is 5.60. The molecule has 3 heteroatoms. The Labute approximate surface area is 127 Å². The van der Waals surface area contributed by atoms with E-state index < -0.39 is 0 Å². The van der Waals surface area contributed by atoms with Crippen molar-refractivity contribution in [2.45, 2.75) is 71.3 Å². The number of furan rings is 1. The first-order valence-corrected chi connectivity index (χ1v) is 8.27. The van der Waals surface area contributed by atoms with Crippen LogP contribution in [0.25, 0.3) is 0 Å². The van der Waals surface area contributed by atoms with E-state index in [2.05, 4.69) is 0 Å². The van der Waals surface area contributed by atoms with Gasteiger partial charge in [-0.3, -0.25) is 4.79 Å². The minimum atomic E-state index is -0.0165. The Morgan fingerprint density at radius 3 is 2.43 bits per heavy atom. The fraction of sp³-hybridized carbons (Fsp3) is 0.722. The molecule has 1 aliphatic heterocycles. The molecule has 1 saturated heterocycles. The van der Waals surface area contributed by atoms with Crippen LogP contribution in [0.15, 0.2) is 4.42 Å². The zero-order valence-corrected chi connectivity index (χ0v) is 13.5. The smallest absolute Gasteiger partial charge is 0.169 e. The molecule has 1 aromatic rings. The molecule has 2 aliphatic rings. The number of ether oxygens (including phenoxy) is 1. The molecule has 0 bridgehead atoms. The lowest BCUT2D eigenvalue weighted by atomic mass is 9.74. The average molecular weight is 290 g/mol. The van der Waals surface area contributed by atoms with Gasteiger partial charge in [0, 0.05) is 18.1 Å². The zero-order valence-electron chi connectivity index (χ0n) is 13.5. The fourth-order valence-corrected chi connectivity index (χ4v) is 4.16. The summed E-state index contributed by atoms with van der Waals surface area (Å²) in [6.45, 7) is 6.56. The van der Waals surface area contributed by atoms with Gasteiger partial charge in [0.25, 0.3) is 0 Å². The monoisotopic (exact) mass is 290 g/mol. The Kier molecular flexibility index (Phi) is 3.96. The van der Waals surface area contributed by atoms with Gasteiger partial charge in [-0.15, -0.1) is 0 Å². The number of rotatable bonds is 2. The van der Waals surface area contributed by atoms with Gasteiger partial charge in [-0.05, 0) is 46.5 Å². The standard InChI is InChI=1S/C18H26O3/c1-12-13(2)21-14(3)16(12)17(19)15-7-10-20-18(11-15)8-5-4-6-9-18/h15H,4-11H2,1-3H3. The van der Waals surface area contributed by atoms with Crippen molar-refractivity contribution >= 4 is 5.78 Å². The summed E-state index contributed by atoms with van der Waals surface area (Å²) in [7, 11) is 0. The van der Waals surface area contributed by atoms with E-state index >= 15 is 0 Å². The lowest BCUT2D eigenvalue weighted by Gasteiger charge is -2.43. The van der Waals surface area contributed by atoms with Crippen molar-refractivity contribution in [1.29, 1.82) is 0 Å². The van der Waals surface area contributed by atoms with Crippen molar-refractivity contribution < 1.29 is 13.9 Å². The van der Waals surface area contributed by atoms with Gasteiger partial charge >= 0.3 is 0 Å². The van der Waals surface area contributed by atoms with Crippen molar-refractivity contribution in [3.63, 3.8) is 0 Å². The van der Waals surface area contributed by atoms with E-state index in [9.17, 15) is 4.79 Å². The summed E-state index contributed by atoms with van der Waals surface area (Å²) >= 11 is 0. The van der Waals surface area contributed by atoms with Crippen molar-refractivity contribution in [3.05, 3.63) is 22.6 Å². The van der Waals surface area contributed by atoms with Crippen LogP contribution in [0.1, 0.15) is 72.4 Å². The first-order chi connectivity index (χ1) is 10.0. The second-order valence-corrected chi connectivity index (χ2v) is 6.86. The molecule has 1 saturated carbocycles. The SMILES string of the molecule is Cc1oc(C)c(C(=O)C2CCOC3(CCCCC3)C2)c1C. The van der Waals surface area contributed by atoms with Gasteiger partial charge in [0.2, 0.25) is 0 Å². The van der Waals surface area contributed by atoms with Crippen molar-refractivity contribution in [1.82, 2.24) is 0 Å². The molecule has 116 valence electrons. The quantitative estimate of drug-likeness (QED) is 0.752. The normalized spacial score (nSPS) is 25.2. The lowest BCUT2D eigenvalue weighted by molar-refractivity contribution is -0.111. The molecule has 0 radical (unpaired) electrons. The van der Waals surface area contributed by atoms with Crippen LogP contribution >= 0.6 is 0 Å². The van der Waals surface area contributed by atoms with E-state index in [0.29, 0.717) is 0 Å². The number of Topliss-reactive ketones (excluding diaryl/α,β-unsaturated/α-hetero) is 1. The molecule has 0 aromatic carbocycles. The molecule has 3 nitrogen and oxygen atoms in total. The summed E-state index contributed by atoms with van der Waals surface area (Å²) in [6, 6.07) is 0. The molecule has 1 aromatic heterocycles. The molecule has 1 spiro atoms. The number of carbonyl (C=O) groups is 1. The Morgan fingerprint density at radius 2 is 1.81 bits per heavy atom. The predicted molar refractivity (Wildman–Crippen MR) is 81.7 cm³/mol. The number of carbonyl (C=O) groups excluding carboxylic acids is 1. The molecule has 1 atom stereocenters. The van der Waals surface area contributed by atoms with E-state index in [0.717, 1.165) is 54.9 Å². The molecule has 21 heavy (non-hydrogen) atoms. The van der Waals surface area contributed by atoms with Crippen LogP contribution in [0, 0.1) is 26.7 Å². The molecular formula is C18H26O3. The largest absolute Gasteiger partial charge is 0.466 e. The van der Waals surface area contributed by atoms with Crippen LogP contribution in [-0.4, -0.2) is 18.0 Å². The van der Waals surface area contributed by atoms with E-state index in [-0.39, 0.29) is 17.3 Å². The maximum atomic E-state index is 13.0. The molecule has 0 amide bonds. The Balaban J connectivity index is 1.81. The number of aryl methyl sites for hydroxylation is 2. The van der Waals surface area contributed by atoms with Gasteiger partial charge in [-0.25, -0.2) is 0 Å². The first-order valence-electron chi connectivity index (χ1n) is 8.27. The highest BCUT2D eigenvalue weighted by Crippen LogP contribution is 2.42. The van der Waals surface area contributed by atoms with Crippen LogP contribution in [0.2, 0.25) is 0 Å². The first kappa shape index (κ1) is 14.8.